The van der Waals surface area contributed by atoms with Crippen LogP contribution in [-0.2, 0) is 9.53 Å². The summed E-state index contributed by atoms with van der Waals surface area (Å²) >= 11 is 0. The third-order valence-corrected chi connectivity index (χ3v) is 6.94. The van der Waals surface area contributed by atoms with E-state index in [9.17, 15) is 9.59 Å². The van der Waals surface area contributed by atoms with E-state index >= 15 is 0 Å². The van der Waals surface area contributed by atoms with Crippen LogP contribution in [0.4, 0.5) is 4.79 Å². The van der Waals surface area contributed by atoms with Gasteiger partial charge in [-0.2, -0.15) is 5.26 Å². The van der Waals surface area contributed by atoms with Gasteiger partial charge < -0.3 is 14.4 Å². The van der Waals surface area contributed by atoms with Crippen molar-refractivity contribution in [1.29, 1.82) is 5.26 Å². The molecule has 8 heteroatoms. The molecule has 0 spiro atoms. The van der Waals surface area contributed by atoms with E-state index in [0.717, 1.165) is 49.4 Å². The predicted octanol–water partition coefficient (Wildman–Crippen LogP) is 4.54. The van der Waals surface area contributed by atoms with Gasteiger partial charge >= 0.3 is 6.09 Å². The number of nitriles is 1. The molecular formula is C30H38N4O4. The number of amides is 2. The van der Waals surface area contributed by atoms with Gasteiger partial charge in [-0.3, -0.25) is 14.6 Å². The Balaban J connectivity index is 1.16. The second kappa shape index (κ2) is 12.3. The first-order chi connectivity index (χ1) is 18.2. The molecule has 2 amide bonds. The van der Waals surface area contributed by atoms with Crippen molar-refractivity contribution in [2.24, 2.45) is 0 Å². The third kappa shape index (κ3) is 7.26. The van der Waals surface area contributed by atoms with Crippen molar-refractivity contribution in [2.45, 2.75) is 51.7 Å². The van der Waals surface area contributed by atoms with E-state index in [0.29, 0.717) is 38.2 Å². The molecule has 2 aromatic rings. The van der Waals surface area contributed by atoms with Crippen LogP contribution in [0.25, 0.3) is 11.1 Å². The Morgan fingerprint density at radius 1 is 0.947 bits per heavy atom. The summed E-state index contributed by atoms with van der Waals surface area (Å²) in [6, 6.07) is 17.3. The number of carbonyl (C=O) groups is 2. The van der Waals surface area contributed by atoms with E-state index < -0.39 is 17.7 Å². The molecule has 2 aromatic carbocycles. The minimum Gasteiger partial charge on any atom is -0.494 e. The summed E-state index contributed by atoms with van der Waals surface area (Å²) in [5.74, 6) is 0.879. The second-order valence-corrected chi connectivity index (χ2v) is 10.9. The summed E-state index contributed by atoms with van der Waals surface area (Å²) in [6.07, 6.45) is 2.04. The molecule has 2 saturated heterocycles. The van der Waals surface area contributed by atoms with E-state index in [1.807, 2.05) is 74.2 Å². The first kappa shape index (κ1) is 27.5. The lowest BCUT2D eigenvalue weighted by atomic mass is 10.0. The quantitative estimate of drug-likeness (QED) is 0.501. The zero-order valence-corrected chi connectivity index (χ0v) is 22.7. The Bertz CT molecular complexity index is 1130. The molecule has 202 valence electrons. The summed E-state index contributed by atoms with van der Waals surface area (Å²) in [4.78, 5) is 31.6. The van der Waals surface area contributed by atoms with Gasteiger partial charge in [0.2, 0.25) is 5.91 Å². The Kier molecular flexibility index (Phi) is 8.90. The third-order valence-electron chi connectivity index (χ3n) is 6.94. The standard InChI is InChI=1S/C30H38N4O4/c1-30(2,3)38-29(36)34-16-4-6-27(34)28(35)33-19-17-32(18-20-33)15-5-21-37-26-13-11-25(12-14-26)24-9-7-23(22-31)8-10-24/h7-14,27H,4-6,15-21H2,1-3H3/t27-/m1/s1. The number of nitrogens with zero attached hydrogens (tertiary/aromatic N) is 4. The fourth-order valence-electron chi connectivity index (χ4n) is 4.92. The number of hydrogen-bond acceptors (Lipinski definition) is 6. The molecule has 0 radical (unpaired) electrons. The van der Waals surface area contributed by atoms with E-state index in [1.54, 1.807) is 4.90 Å². The first-order valence-corrected chi connectivity index (χ1v) is 13.5. The minimum atomic E-state index is -0.571. The molecule has 0 N–H and O–H groups in total. The molecule has 0 saturated carbocycles. The van der Waals surface area contributed by atoms with Gasteiger partial charge in [0, 0.05) is 39.3 Å². The lowest BCUT2D eigenvalue weighted by molar-refractivity contribution is -0.137. The van der Waals surface area contributed by atoms with Crippen molar-refractivity contribution in [3.63, 3.8) is 0 Å². The highest BCUT2D eigenvalue weighted by atomic mass is 16.6. The number of carbonyl (C=O) groups excluding carboxylic acids is 2. The smallest absolute Gasteiger partial charge is 0.410 e. The van der Waals surface area contributed by atoms with E-state index in [1.165, 1.54) is 0 Å². The fraction of sp³-hybridized carbons (Fsp3) is 0.500. The molecule has 38 heavy (non-hydrogen) atoms. The average Bonchev–Trinajstić information content (AvgIpc) is 3.41. The Morgan fingerprint density at radius 3 is 2.18 bits per heavy atom. The number of benzene rings is 2. The topological polar surface area (TPSA) is 86.1 Å². The van der Waals surface area contributed by atoms with E-state index in [-0.39, 0.29) is 5.91 Å². The molecule has 4 rings (SSSR count). The second-order valence-electron chi connectivity index (χ2n) is 10.9. The first-order valence-electron chi connectivity index (χ1n) is 13.5. The van der Waals surface area contributed by atoms with Gasteiger partial charge in [0.15, 0.2) is 0 Å². The zero-order chi connectivity index (χ0) is 27.1. The van der Waals surface area contributed by atoms with Gasteiger partial charge in [-0.15, -0.1) is 0 Å². The number of piperazine rings is 1. The summed E-state index contributed by atoms with van der Waals surface area (Å²) in [7, 11) is 0. The number of ether oxygens (including phenoxy) is 2. The number of likely N-dealkylation sites (tertiary alicyclic amines) is 1. The highest BCUT2D eigenvalue weighted by molar-refractivity contribution is 5.86. The van der Waals surface area contributed by atoms with Crippen molar-refractivity contribution in [3.8, 4) is 22.9 Å². The Hall–Kier alpha value is -3.57. The van der Waals surface area contributed by atoms with Gasteiger partial charge in [0.05, 0.1) is 18.2 Å². The van der Waals surface area contributed by atoms with Gasteiger partial charge in [0.1, 0.15) is 17.4 Å². The SMILES string of the molecule is CC(C)(C)OC(=O)N1CCC[C@@H]1C(=O)N1CCN(CCCOc2ccc(-c3ccc(C#N)cc3)cc2)CC1. The summed E-state index contributed by atoms with van der Waals surface area (Å²) in [5, 5.41) is 8.95. The largest absolute Gasteiger partial charge is 0.494 e. The Labute approximate surface area is 225 Å². The summed E-state index contributed by atoms with van der Waals surface area (Å²) < 4.78 is 11.4. The summed E-state index contributed by atoms with van der Waals surface area (Å²) in [5.41, 5.74) is 2.23. The normalized spacial score (nSPS) is 18.2. The van der Waals surface area contributed by atoms with Crippen LogP contribution in [0.1, 0.15) is 45.6 Å². The monoisotopic (exact) mass is 518 g/mol. The lowest BCUT2D eigenvalue weighted by Crippen LogP contribution is -2.54. The molecule has 2 aliphatic heterocycles. The van der Waals surface area contributed by atoms with Crippen molar-refractivity contribution in [1.82, 2.24) is 14.7 Å². The molecule has 0 aliphatic carbocycles. The van der Waals surface area contributed by atoms with Gasteiger partial charge in [-0.1, -0.05) is 24.3 Å². The van der Waals surface area contributed by atoms with Crippen LogP contribution in [0.3, 0.4) is 0 Å². The van der Waals surface area contributed by atoms with Crippen LogP contribution >= 0.6 is 0 Å². The van der Waals surface area contributed by atoms with Crippen molar-refractivity contribution >= 4 is 12.0 Å². The molecule has 0 bridgehead atoms. The van der Waals surface area contributed by atoms with E-state index in [4.69, 9.17) is 14.7 Å². The Morgan fingerprint density at radius 2 is 1.58 bits per heavy atom. The molecular weight excluding hydrogens is 480 g/mol. The molecule has 0 unspecified atom stereocenters. The molecule has 2 fully saturated rings. The number of rotatable bonds is 7. The van der Waals surface area contributed by atoms with Crippen LogP contribution in [0, 0.1) is 11.3 Å². The highest BCUT2D eigenvalue weighted by Crippen LogP contribution is 2.24. The van der Waals surface area contributed by atoms with E-state index in [2.05, 4.69) is 11.0 Å². The van der Waals surface area contributed by atoms with Crippen molar-refractivity contribution < 1.29 is 19.1 Å². The molecule has 2 heterocycles. The maximum Gasteiger partial charge on any atom is 0.410 e. The fourth-order valence-corrected chi connectivity index (χ4v) is 4.92. The highest BCUT2D eigenvalue weighted by Gasteiger charge is 2.39. The van der Waals surface area contributed by atoms with Gasteiger partial charge in [-0.25, -0.2) is 4.79 Å². The minimum absolute atomic E-state index is 0.0424. The molecule has 8 nitrogen and oxygen atoms in total. The van der Waals surface area contributed by atoms with Gasteiger partial charge in [-0.05, 0) is 75.4 Å². The number of hydrogen-bond donors (Lipinski definition) is 0. The average molecular weight is 519 g/mol. The van der Waals surface area contributed by atoms with Gasteiger partial charge in [0.25, 0.3) is 0 Å². The maximum absolute atomic E-state index is 13.2. The molecule has 0 aromatic heterocycles. The molecule has 2 aliphatic rings. The zero-order valence-electron chi connectivity index (χ0n) is 22.7. The molecule has 1 atom stereocenters. The van der Waals surface area contributed by atoms with Crippen LogP contribution in [0.2, 0.25) is 0 Å². The maximum atomic E-state index is 13.2. The van der Waals surface area contributed by atoms with Crippen LogP contribution < -0.4 is 4.74 Å². The van der Waals surface area contributed by atoms with Crippen molar-refractivity contribution in [2.75, 3.05) is 45.9 Å². The lowest BCUT2D eigenvalue weighted by Gasteiger charge is -2.37. The van der Waals surface area contributed by atoms with Crippen LogP contribution in [0.5, 0.6) is 5.75 Å². The van der Waals surface area contributed by atoms with Crippen molar-refractivity contribution in [3.05, 3.63) is 54.1 Å². The van der Waals surface area contributed by atoms with Crippen LogP contribution in [0.15, 0.2) is 48.5 Å². The van der Waals surface area contributed by atoms with Crippen LogP contribution in [-0.4, -0.2) is 84.2 Å². The summed E-state index contributed by atoms with van der Waals surface area (Å²) in [6.45, 7) is 10.6. The predicted molar refractivity (Wildman–Crippen MR) is 146 cm³/mol.